The molecule has 0 spiro atoms. The number of hydrogen-bond acceptors (Lipinski definition) is 2. The summed E-state index contributed by atoms with van der Waals surface area (Å²) in [6.45, 7) is 13.5. The first-order chi connectivity index (χ1) is 5.06. The van der Waals surface area contributed by atoms with Crippen molar-refractivity contribution in [2.24, 2.45) is 0 Å². The lowest BCUT2D eigenvalue weighted by Gasteiger charge is -2.29. The van der Waals surface area contributed by atoms with Crippen molar-refractivity contribution in [2.45, 2.75) is 32.9 Å². The van der Waals surface area contributed by atoms with Crippen LogP contribution in [0.3, 0.4) is 0 Å². The van der Waals surface area contributed by atoms with Gasteiger partial charge in [0.15, 0.2) is 0 Å². The standard InChI is InChI=1S/C8H19O2Si/c1-6-9-11(5,8(3)4)10-7-2/h8H,3,6-7H2,1-2,4-5H3. The molecular formula is C8H19O2Si. The summed E-state index contributed by atoms with van der Waals surface area (Å²) in [5.41, 5.74) is 0.280. The Hall–Kier alpha value is 0.137. The Labute approximate surface area is 71.1 Å². The third-order valence-electron chi connectivity index (χ3n) is 1.76. The highest BCUT2D eigenvalue weighted by molar-refractivity contribution is 6.67. The Balaban J connectivity index is 4.01. The lowest BCUT2D eigenvalue weighted by Crippen LogP contribution is -2.41. The monoisotopic (exact) mass is 175 g/mol. The maximum atomic E-state index is 5.59. The summed E-state index contributed by atoms with van der Waals surface area (Å²) < 4.78 is 11.2. The first-order valence-electron chi connectivity index (χ1n) is 4.17. The fourth-order valence-corrected chi connectivity index (χ4v) is 2.70. The molecule has 0 saturated carbocycles. The number of rotatable bonds is 5. The Kier molecular flexibility index (Phi) is 4.96. The first kappa shape index (κ1) is 11.1. The van der Waals surface area contributed by atoms with E-state index in [-0.39, 0.29) is 5.54 Å². The molecule has 0 bridgehead atoms. The summed E-state index contributed by atoms with van der Waals surface area (Å²) in [5.74, 6) is 0. The summed E-state index contributed by atoms with van der Waals surface area (Å²) in [6, 6.07) is 0. The Morgan fingerprint density at radius 1 is 1.27 bits per heavy atom. The van der Waals surface area contributed by atoms with Crippen LogP contribution in [0, 0.1) is 6.92 Å². The van der Waals surface area contributed by atoms with Crippen molar-refractivity contribution >= 4 is 8.56 Å². The van der Waals surface area contributed by atoms with Crippen LogP contribution in [0.25, 0.3) is 0 Å². The average molecular weight is 175 g/mol. The molecule has 0 aliphatic carbocycles. The van der Waals surface area contributed by atoms with Gasteiger partial charge >= 0.3 is 8.56 Å². The van der Waals surface area contributed by atoms with E-state index < -0.39 is 8.56 Å². The van der Waals surface area contributed by atoms with Crippen LogP contribution in [0.15, 0.2) is 0 Å². The zero-order valence-corrected chi connectivity index (χ0v) is 9.02. The predicted molar refractivity (Wildman–Crippen MR) is 49.7 cm³/mol. The molecule has 67 valence electrons. The molecule has 0 heterocycles. The van der Waals surface area contributed by atoms with Gasteiger partial charge in [0.1, 0.15) is 0 Å². The van der Waals surface area contributed by atoms with Crippen LogP contribution in [-0.2, 0) is 8.85 Å². The maximum Gasteiger partial charge on any atom is 0.337 e. The van der Waals surface area contributed by atoms with Crippen molar-refractivity contribution in [1.82, 2.24) is 0 Å². The van der Waals surface area contributed by atoms with E-state index >= 15 is 0 Å². The predicted octanol–water partition coefficient (Wildman–Crippen LogP) is 2.36. The summed E-state index contributed by atoms with van der Waals surface area (Å²) >= 11 is 0. The van der Waals surface area contributed by atoms with Crippen LogP contribution < -0.4 is 0 Å². The molecule has 1 unspecified atom stereocenters. The van der Waals surface area contributed by atoms with Gasteiger partial charge in [-0.15, -0.1) is 0 Å². The topological polar surface area (TPSA) is 18.5 Å². The smallest absolute Gasteiger partial charge is 0.337 e. The van der Waals surface area contributed by atoms with E-state index in [1.54, 1.807) is 0 Å². The van der Waals surface area contributed by atoms with Gasteiger partial charge in [0, 0.05) is 13.2 Å². The zero-order chi connectivity index (χ0) is 8.91. The quantitative estimate of drug-likeness (QED) is 0.597. The SMILES string of the molecule is [CH2]C(C)[Si](C)(OCC)OCC. The van der Waals surface area contributed by atoms with Crippen LogP contribution in [0.1, 0.15) is 20.8 Å². The van der Waals surface area contributed by atoms with E-state index in [0.29, 0.717) is 0 Å². The second-order valence-corrected chi connectivity index (χ2v) is 6.38. The van der Waals surface area contributed by atoms with Crippen LogP contribution >= 0.6 is 0 Å². The molecule has 0 amide bonds. The second-order valence-electron chi connectivity index (χ2n) is 2.78. The largest absolute Gasteiger partial charge is 0.394 e. The van der Waals surface area contributed by atoms with Crippen LogP contribution in [-0.4, -0.2) is 21.8 Å². The summed E-state index contributed by atoms with van der Waals surface area (Å²) in [6.07, 6.45) is 0. The zero-order valence-electron chi connectivity index (χ0n) is 8.02. The van der Waals surface area contributed by atoms with E-state index in [2.05, 4.69) is 20.4 Å². The first-order valence-corrected chi connectivity index (χ1v) is 6.57. The van der Waals surface area contributed by atoms with E-state index in [1.165, 1.54) is 0 Å². The van der Waals surface area contributed by atoms with Gasteiger partial charge in [0.05, 0.1) is 0 Å². The molecule has 0 rings (SSSR count). The van der Waals surface area contributed by atoms with Gasteiger partial charge < -0.3 is 8.85 Å². The van der Waals surface area contributed by atoms with Crippen LogP contribution in [0.5, 0.6) is 0 Å². The molecule has 0 aromatic rings. The molecule has 11 heavy (non-hydrogen) atoms. The third-order valence-corrected chi connectivity index (χ3v) is 5.27. The van der Waals surface area contributed by atoms with Crippen molar-refractivity contribution in [3.05, 3.63) is 6.92 Å². The molecule has 1 atom stereocenters. The molecule has 0 saturated heterocycles. The van der Waals surface area contributed by atoms with E-state index in [0.717, 1.165) is 13.2 Å². The molecule has 0 aliphatic heterocycles. The fourth-order valence-electron chi connectivity index (χ4n) is 0.899. The molecule has 0 fully saturated rings. The van der Waals surface area contributed by atoms with E-state index in [1.807, 2.05) is 13.8 Å². The van der Waals surface area contributed by atoms with Gasteiger partial charge in [-0.05, 0) is 32.9 Å². The molecule has 0 aliphatic rings. The lowest BCUT2D eigenvalue weighted by atomic mass is 10.6. The lowest BCUT2D eigenvalue weighted by molar-refractivity contribution is 0.184. The van der Waals surface area contributed by atoms with Gasteiger partial charge in [-0.1, -0.05) is 6.92 Å². The Morgan fingerprint density at radius 2 is 1.64 bits per heavy atom. The van der Waals surface area contributed by atoms with Crippen molar-refractivity contribution < 1.29 is 8.85 Å². The van der Waals surface area contributed by atoms with Gasteiger partial charge in [-0.25, -0.2) is 0 Å². The molecule has 0 aromatic carbocycles. The van der Waals surface area contributed by atoms with E-state index in [9.17, 15) is 0 Å². The minimum atomic E-state index is -1.94. The molecule has 1 radical (unpaired) electrons. The fraction of sp³-hybridized carbons (Fsp3) is 0.875. The minimum absolute atomic E-state index is 0.280. The molecule has 3 heteroatoms. The normalized spacial score (nSPS) is 12.5. The van der Waals surface area contributed by atoms with Crippen LogP contribution in [0.2, 0.25) is 12.1 Å². The van der Waals surface area contributed by atoms with Crippen molar-refractivity contribution in [3.63, 3.8) is 0 Å². The van der Waals surface area contributed by atoms with Gasteiger partial charge in [-0.3, -0.25) is 0 Å². The summed E-state index contributed by atoms with van der Waals surface area (Å²) in [7, 11) is -1.94. The highest BCUT2D eigenvalue weighted by Crippen LogP contribution is 2.22. The number of hydrogen-bond donors (Lipinski definition) is 0. The molecule has 2 nitrogen and oxygen atoms in total. The highest BCUT2D eigenvalue weighted by Gasteiger charge is 2.34. The van der Waals surface area contributed by atoms with Crippen molar-refractivity contribution in [2.75, 3.05) is 13.2 Å². The van der Waals surface area contributed by atoms with Crippen molar-refractivity contribution in [1.29, 1.82) is 0 Å². The average Bonchev–Trinajstić information content (AvgIpc) is 1.88. The van der Waals surface area contributed by atoms with Crippen LogP contribution in [0.4, 0.5) is 0 Å². The van der Waals surface area contributed by atoms with Gasteiger partial charge in [0.2, 0.25) is 0 Å². The highest BCUT2D eigenvalue weighted by atomic mass is 28.4. The summed E-state index contributed by atoms with van der Waals surface area (Å²) in [4.78, 5) is 0. The minimum Gasteiger partial charge on any atom is -0.394 e. The maximum absolute atomic E-state index is 5.59. The second kappa shape index (κ2) is 4.90. The third kappa shape index (κ3) is 3.36. The molecule has 0 N–H and O–H groups in total. The van der Waals surface area contributed by atoms with Crippen molar-refractivity contribution in [3.8, 4) is 0 Å². The Bertz CT molecular complexity index is 98.3. The molecule has 0 aromatic heterocycles. The summed E-state index contributed by atoms with van der Waals surface area (Å²) in [5, 5.41) is 0. The van der Waals surface area contributed by atoms with E-state index in [4.69, 9.17) is 8.85 Å². The Morgan fingerprint density at radius 3 is 1.82 bits per heavy atom. The van der Waals surface area contributed by atoms with Gasteiger partial charge in [-0.2, -0.15) is 0 Å². The molecular weight excluding hydrogens is 156 g/mol. The van der Waals surface area contributed by atoms with Gasteiger partial charge in [0.25, 0.3) is 0 Å².